The fourth-order valence-corrected chi connectivity index (χ4v) is 3.35. The molecule has 0 aliphatic heterocycles. The number of thioether (sulfide) groups is 1. The van der Waals surface area contributed by atoms with Gasteiger partial charge in [0.05, 0.1) is 20.4 Å². The summed E-state index contributed by atoms with van der Waals surface area (Å²) in [5, 5.41) is 13.9. The third-order valence-electron chi connectivity index (χ3n) is 3.58. The maximum Gasteiger partial charge on any atom is 0.212 e. The minimum absolute atomic E-state index is 0.673. The van der Waals surface area contributed by atoms with Gasteiger partial charge in [-0.05, 0) is 23.8 Å². The molecule has 3 aromatic rings. The quantitative estimate of drug-likeness (QED) is 0.450. The first kappa shape index (κ1) is 18.3. The van der Waals surface area contributed by atoms with Crippen molar-refractivity contribution < 1.29 is 9.47 Å². The van der Waals surface area contributed by atoms with E-state index >= 15 is 0 Å². The second-order valence-electron chi connectivity index (χ2n) is 5.19. The summed E-state index contributed by atoms with van der Waals surface area (Å²) in [7, 11) is 3.22. The summed E-state index contributed by atoms with van der Waals surface area (Å²) >= 11 is 7.71. The van der Waals surface area contributed by atoms with Crippen LogP contribution in [0, 0.1) is 0 Å². The monoisotopic (exact) mass is 388 g/mol. The van der Waals surface area contributed by atoms with Gasteiger partial charge in [-0.2, -0.15) is 9.78 Å². The number of halogens is 1. The number of hydrogen-bond acceptors (Lipinski definition) is 6. The van der Waals surface area contributed by atoms with Gasteiger partial charge < -0.3 is 9.47 Å². The van der Waals surface area contributed by atoms with Crippen molar-refractivity contribution in [1.29, 1.82) is 0 Å². The van der Waals surface area contributed by atoms with Gasteiger partial charge in [-0.15, -0.1) is 10.2 Å². The van der Waals surface area contributed by atoms with Crippen molar-refractivity contribution >= 4 is 29.6 Å². The molecule has 0 unspecified atom stereocenters. The van der Waals surface area contributed by atoms with Crippen LogP contribution in [0.15, 0.2) is 59.0 Å². The van der Waals surface area contributed by atoms with Crippen LogP contribution in [0.25, 0.3) is 0 Å². The second kappa shape index (κ2) is 8.73. The molecule has 0 aliphatic carbocycles. The lowest BCUT2D eigenvalue weighted by Gasteiger charge is -2.07. The molecular weight excluding hydrogens is 372 g/mol. The molecule has 0 amide bonds. The van der Waals surface area contributed by atoms with Gasteiger partial charge in [0.2, 0.25) is 5.16 Å². The zero-order valence-electron chi connectivity index (χ0n) is 14.3. The zero-order valence-corrected chi connectivity index (χ0v) is 15.9. The molecule has 26 heavy (non-hydrogen) atoms. The van der Waals surface area contributed by atoms with E-state index in [4.69, 9.17) is 21.1 Å². The normalized spacial score (nSPS) is 11.0. The van der Waals surface area contributed by atoms with Crippen LogP contribution in [0.3, 0.4) is 0 Å². The van der Waals surface area contributed by atoms with Gasteiger partial charge in [-0.1, -0.05) is 41.6 Å². The summed E-state index contributed by atoms with van der Waals surface area (Å²) in [5.74, 6) is 2.07. The maximum atomic E-state index is 6.19. The van der Waals surface area contributed by atoms with Gasteiger partial charge in [0, 0.05) is 22.4 Å². The smallest absolute Gasteiger partial charge is 0.212 e. The number of hydrogen-bond donors (Lipinski definition) is 0. The highest BCUT2D eigenvalue weighted by molar-refractivity contribution is 7.98. The lowest BCUT2D eigenvalue weighted by atomic mass is 10.2. The zero-order chi connectivity index (χ0) is 18.4. The number of ether oxygens (including phenoxy) is 2. The first-order chi connectivity index (χ1) is 12.7. The summed E-state index contributed by atoms with van der Waals surface area (Å²) < 4.78 is 12.2. The Morgan fingerprint density at radius 1 is 1.19 bits per heavy atom. The van der Waals surface area contributed by atoms with Crippen molar-refractivity contribution in [1.82, 2.24) is 14.9 Å². The molecule has 3 rings (SSSR count). The van der Waals surface area contributed by atoms with Crippen LogP contribution in [-0.2, 0) is 5.75 Å². The Bertz CT molecular complexity index is 914. The molecule has 0 spiro atoms. The highest BCUT2D eigenvalue weighted by atomic mass is 35.5. The van der Waals surface area contributed by atoms with Crippen molar-refractivity contribution in [3.63, 3.8) is 0 Å². The fraction of sp³-hybridized carbons (Fsp3) is 0.167. The van der Waals surface area contributed by atoms with Crippen LogP contribution in [0.2, 0.25) is 5.02 Å². The molecule has 0 atom stereocenters. The third-order valence-corrected chi connectivity index (χ3v) is 4.93. The van der Waals surface area contributed by atoms with E-state index in [-0.39, 0.29) is 0 Å². The molecule has 0 radical (unpaired) electrons. The lowest BCUT2D eigenvalue weighted by Crippen LogP contribution is -1.96. The van der Waals surface area contributed by atoms with E-state index in [1.54, 1.807) is 37.5 Å². The summed E-state index contributed by atoms with van der Waals surface area (Å²) in [5.41, 5.74) is 1.86. The number of benzene rings is 2. The predicted molar refractivity (Wildman–Crippen MR) is 104 cm³/mol. The van der Waals surface area contributed by atoms with Gasteiger partial charge in [-0.25, -0.2) is 0 Å². The Kier molecular flexibility index (Phi) is 6.14. The van der Waals surface area contributed by atoms with Crippen molar-refractivity contribution in [3.05, 3.63) is 64.9 Å². The Balaban J connectivity index is 1.75. The molecule has 0 saturated heterocycles. The number of aromatic nitrogens is 3. The van der Waals surface area contributed by atoms with Gasteiger partial charge in [0.15, 0.2) is 0 Å². The van der Waals surface area contributed by atoms with Crippen LogP contribution in [0.4, 0.5) is 0 Å². The highest BCUT2D eigenvalue weighted by Crippen LogP contribution is 2.26. The van der Waals surface area contributed by atoms with Crippen molar-refractivity contribution in [3.8, 4) is 11.5 Å². The number of nitrogens with zero attached hydrogens (tertiary/aromatic N) is 4. The molecule has 0 fully saturated rings. The Morgan fingerprint density at radius 3 is 2.81 bits per heavy atom. The summed E-state index contributed by atoms with van der Waals surface area (Å²) in [6.07, 6.45) is 3.25. The second-order valence-corrected chi connectivity index (χ2v) is 6.54. The number of rotatable bonds is 7. The van der Waals surface area contributed by atoms with Crippen LogP contribution in [-0.4, -0.2) is 35.3 Å². The van der Waals surface area contributed by atoms with E-state index < -0.39 is 0 Å². The fourth-order valence-electron chi connectivity index (χ4n) is 2.20. The molecular formula is C18H17ClN4O2S. The van der Waals surface area contributed by atoms with Crippen molar-refractivity contribution in [2.24, 2.45) is 5.10 Å². The SMILES string of the molecule is COc1ccc(/C=N\n2cnnc2SCc2ccccc2Cl)c(OC)c1. The van der Waals surface area contributed by atoms with Crippen LogP contribution in [0.1, 0.15) is 11.1 Å². The summed E-state index contributed by atoms with van der Waals surface area (Å²) in [6.45, 7) is 0. The molecule has 0 N–H and O–H groups in total. The molecule has 0 aliphatic rings. The molecule has 8 heteroatoms. The first-order valence-corrected chi connectivity index (χ1v) is 9.10. The highest BCUT2D eigenvalue weighted by Gasteiger charge is 2.07. The largest absolute Gasteiger partial charge is 0.497 e. The molecule has 1 aromatic heterocycles. The van der Waals surface area contributed by atoms with Gasteiger partial charge in [0.25, 0.3) is 0 Å². The third kappa shape index (κ3) is 4.36. The van der Waals surface area contributed by atoms with Crippen LogP contribution >= 0.6 is 23.4 Å². The summed E-state index contributed by atoms with van der Waals surface area (Å²) in [6, 6.07) is 13.3. The minimum atomic E-state index is 0.673. The molecule has 0 bridgehead atoms. The standard InChI is InChI=1S/C18H17ClN4O2S/c1-24-15-8-7-13(17(9-15)25-2)10-21-23-12-20-22-18(23)26-11-14-5-3-4-6-16(14)19/h3-10,12H,11H2,1-2H3/b21-10-. The number of methoxy groups -OCH3 is 2. The maximum absolute atomic E-state index is 6.19. The summed E-state index contributed by atoms with van der Waals surface area (Å²) in [4.78, 5) is 0. The van der Waals surface area contributed by atoms with Gasteiger partial charge >= 0.3 is 0 Å². The van der Waals surface area contributed by atoms with E-state index in [9.17, 15) is 0 Å². The Hall–Kier alpha value is -2.51. The average Bonchev–Trinajstić information content (AvgIpc) is 3.13. The minimum Gasteiger partial charge on any atom is -0.497 e. The van der Waals surface area contributed by atoms with Crippen LogP contribution < -0.4 is 9.47 Å². The predicted octanol–water partition coefficient (Wildman–Crippen LogP) is 4.12. The van der Waals surface area contributed by atoms with E-state index in [0.717, 1.165) is 21.9 Å². The first-order valence-electron chi connectivity index (χ1n) is 7.74. The average molecular weight is 389 g/mol. The Morgan fingerprint density at radius 2 is 2.04 bits per heavy atom. The van der Waals surface area contributed by atoms with Crippen molar-refractivity contribution in [2.45, 2.75) is 10.9 Å². The molecule has 2 aromatic carbocycles. The van der Waals surface area contributed by atoms with E-state index in [1.807, 2.05) is 36.4 Å². The topological polar surface area (TPSA) is 61.5 Å². The lowest BCUT2D eigenvalue weighted by molar-refractivity contribution is 0.394. The van der Waals surface area contributed by atoms with E-state index in [2.05, 4.69) is 15.3 Å². The van der Waals surface area contributed by atoms with Gasteiger partial charge in [0.1, 0.15) is 17.8 Å². The van der Waals surface area contributed by atoms with E-state index in [0.29, 0.717) is 16.7 Å². The molecule has 134 valence electrons. The van der Waals surface area contributed by atoms with Gasteiger partial charge in [-0.3, -0.25) is 0 Å². The molecule has 1 heterocycles. The Labute approximate surface area is 160 Å². The molecule has 0 saturated carbocycles. The molecule has 6 nitrogen and oxygen atoms in total. The van der Waals surface area contributed by atoms with E-state index in [1.165, 1.54) is 11.8 Å². The van der Waals surface area contributed by atoms with Crippen molar-refractivity contribution in [2.75, 3.05) is 14.2 Å². The van der Waals surface area contributed by atoms with Crippen LogP contribution in [0.5, 0.6) is 11.5 Å².